The maximum atomic E-state index is 12.8. The molecular formula is C23H18F3N5O2. The van der Waals surface area contributed by atoms with Gasteiger partial charge in [-0.3, -0.25) is 9.67 Å². The Morgan fingerprint density at radius 1 is 0.970 bits per heavy atom. The fourth-order valence-electron chi connectivity index (χ4n) is 3.00. The van der Waals surface area contributed by atoms with Crippen LogP contribution in [0.25, 0.3) is 11.3 Å². The van der Waals surface area contributed by atoms with Crippen molar-refractivity contribution >= 4 is 17.4 Å². The van der Waals surface area contributed by atoms with E-state index in [1.165, 1.54) is 12.1 Å². The maximum absolute atomic E-state index is 12.8. The van der Waals surface area contributed by atoms with Gasteiger partial charge >= 0.3 is 12.2 Å². The second-order valence-corrected chi connectivity index (χ2v) is 7.06. The molecule has 2 heterocycles. The lowest BCUT2D eigenvalue weighted by Crippen LogP contribution is -2.19. The van der Waals surface area contributed by atoms with Gasteiger partial charge in [-0.05, 0) is 48.5 Å². The van der Waals surface area contributed by atoms with Gasteiger partial charge in [-0.15, -0.1) is 0 Å². The molecule has 0 atom stereocenters. The quantitative estimate of drug-likeness (QED) is 0.392. The third kappa shape index (κ3) is 5.67. The lowest BCUT2D eigenvalue weighted by molar-refractivity contribution is -0.137. The number of ether oxygens (including phenoxy) is 1. The number of benzene rings is 2. The van der Waals surface area contributed by atoms with E-state index in [0.717, 1.165) is 17.7 Å². The van der Waals surface area contributed by atoms with Crippen LogP contribution < -0.4 is 15.4 Å². The Balaban J connectivity index is 1.37. The van der Waals surface area contributed by atoms with Gasteiger partial charge < -0.3 is 15.4 Å². The first-order valence-corrected chi connectivity index (χ1v) is 9.74. The molecule has 0 aliphatic heterocycles. The topological polar surface area (TPSA) is 81.1 Å². The van der Waals surface area contributed by atoms with Gasteiger partial charge in [0.05, 0.1) is 17.5 Å². The van der Waals surface area contributed by atoms with Crippen LogP contribution in [-0.4, -0.2) is 20.8 Å². The second kappa shape index (κ2) is 9.03. The van der Waals surface area contributed by atoms with Crippen LogP contribution in [0.1, 0.15) is 5.56 Å². The van der Waals surface area contributed by atoms with Crippen LogP contribution in [-0.2, 0) is 13.2 Å². The number of carbonyl (C=O) groups is 1. The molecule has 0 unspecified atom stereocenters. The number of rotatable bonds is 5. The van der Waals surface area contributed by atoms with Gasteiger partial charge in [-0.25, -0.2) is 4.79 Å². The average Bonchev–Trinajstić information content (AvgIpc) is 3.21. The predicted octanol–water partition coefficient (Wildman–Crippen LogP) is 5.94. The summed E-state index contributed by atoms with van der Waals surface area (Å²) in [6, 6.07) is 13.8. The van der Waals surface area contributed by atoms with Crippen LogP contribution >= 0.6 is 0 Å². The van der Waals surface area contributed by atoms with Gasteiger partial charge in [0.2, 0.25) is 0 Å². The summed E-state index contributed by atoms with van der Waals surface area (Å²) >= 11 is 0. The third-order valence-electron chi connectivity index (χ3n) is 4.53. The van der Waals surface area contributed by atoms with E-state index in [1.807, 2.05) is 13.2 Å². The van der Waals surface area contributed by atoms with Crippen LogP contribution in [0.2, 0.25) is 0 Å². The molecule has 0 aliphatic rings. The standard InChI is InChI=1S/C23H18F3N5O2/c1-31-14-15(13-28-31)21-12-20(9-10-27-21)33-19-7-5-17(6-8-19)29-22(32)30-18-4-2-3-16(11-18)23(24,25)26/h2-14H,1H3,(H2,29,30,32). The number of alkyl halides is 3. The number of urea groups is 1. The van der Waals surface area contributed by atoms with Gasteiger partial charge in [0.15, 0.2) is 0 Å². The number of pyridine rings is 1. The Morgan fingerprint density at radius 3 is 2.42 bits per heavy atom. The lowest BCUT2D eigenvalue weighted by Gasteiger charge is -2.11. The minimum absolute atomic E-state index is 0.0318. The first kappa shape index (κ1) is 21.9. The number of halogens is 3. The SMILES string of the molecule is Cn1cc(-c2cc(Oc3ccc(NC(=O)Nc4cccc(C(F)(F)F)c4)cc3)ccn2)cn1. The molecule has 10 heteroatoms. The number of hydrogen-bond donors (Lipinski definition) is 2. The molecule has 0 fully saturated rings. The van der Waals surface area contributed by atoms with Crippen molar-refractivity contribution in [1.82, 2.24) is 14.8 Å². The molecule has 4 rings (SSSR count). The molecule has 33 heavy (non-hydrogen) atoms. The maximum Gasteiger partial charge on any atom is 0.416 e. The summed E-state index contributed by atoms with van der Waals surface area (Å²) in [5, 5.41) is 9.08. The van der Waals surface area contributed by atoms with Crippen molar-refractivity contribution in [1.29, 1.82) is 0 Å². The van der Waals surface area contributed by atoms with Crippen LogP contribution in [0, 0.1) is 0 Å². The van der Waals surface area contributed by atoms with Crippen molar-refractivity contribution in [3.05, 3.63) is 84.8 Å². The molecule has 4 aromatic rings. The highest BCUT2D eigenvalue weighted by Crippen LogP contribution is 2.31. The molecule has 2 aromatic carbocycles. The first-order chi connectivity index (χ1) is 15.8. The number of hydrogen-bond acceptors (Lipinski definition) is 4. The molecule has 0 radical (unpaired) electrons. The first-order valence-electron chi connectivity index (χ1n) is 9.74. The summed E-state index contributed by atoms with van der Waals surface area (Å²) in [4.78, 5) is 16.5. The fraction of sp³-hybridized carbons (Fsp3) is 0.0870. The second-order valence-electron chi connectivity index (χ2n) is 7.06. The van der Waals surface area contributed by atoms with Crippen molar-refractivity contribution in [2.24, 2.45) is 7.05 Å². The van der Waals surface area contributed by atoms with Crippen molar-refractivity contribution in [3.63, 3.8) is 0 Å². The van der Waals surface area contributed by atoms with Crippen LogP contribution in [0.5, 0.6) is 11.5 Å². The summed E-state index contributed by atoms with van der Waals surface area (Å²) in [5.41, 5.74) is 1.20. The highest BCUT2D eigenvalue weighted by Gasteiger charge is 2.30. The van der Waals surface area contributed by atoms with E-state index in [2.05, 4.69) is 20.7 Å². The molecule has 0 saturated carbocycles. The molecule has 168 valence electrons. The largest absolute Gasteiger partial charge is 0.457 e. The van der Waals surface area contributed by atoms with Crippen molar-refractivity contribution < 1.29 is 22.7 Å². The number of aromatic nitrogens is 3. The monoisotopic (exact) mass is 453 g/mol. The summed E-state index contributed by atoms with van der Waals surface area (Å²) < 4.78 is 46.0. The molecule has 7 nitrogen and oxygen atoms in total. The van der Waals surface area contributed by atoms with Crippen LogP contribution in [0.15, 0.2) is 79.3 Å². The smallest absolute Gasteiger partial charge is 0.416 e. The van der Waals surface area contributed by atoms with E-state index >= 15 is 0 Å². The van der Waals surface area contributed by atoms with E-state index < -0.39 is 17.8 Å². The molecule has 2 aromatic heterocycles. The van der Waals surface area contributed by atoms with E-state index in [-0.39, 0.29) is 5.69 Å². The number of anilines is 2. The van der Waals surface area contributed by atoms with Gasteiger partial charge in [0, 0.05) is 42.4 Å². The zero-order valence-corrected chi connectivity index (χ0v) is 17.3. The molecular weight excluding hydrogens is 435 g/mol. The fourth-order valence-corrected chi connectivity index (χ4v) is 3.00. The lowest BCUT2D eigenvalue weighted by atomic mass is 10.2. The molecule has 0 aliphatic carbocycles. The number of carbonyl (C=O) groups excluding carboxylic acids is 1. The highest BCUT2D eigenvalue weighted by molar-refractivity contribution is 5.99. The molecule has 0 spiro atoms. The van der Waals surface area contributed by atoms with Gasteiger partial charge in [-0.1, -0.05) is 6.07 Å². The minimum Gasteiger partial charge on any atom is -0.457 e. The third-order valence-corrected chi connectivity index (χ3v) is 4.53. The van der Waals surface area contributed by atoms with Gasteiger partial charge in [-0.2, -0.15) is 18.3 Å². The number of aryl methyl sites for hydroxylation is 1. The molecule has 2 amide bonds. The van der Waals surface area contributed by atoms with E-state index in [4.69, 9.17) is 4.74 Å². The zero-order chi connectivity index (χ0) is 23.4. The Kier molecular flexibility index (Phi) is 5.99. The highest BCUT2D eigenvalue weighted by atomic mass is 19.4. The average molecular weight is 453 g/mol. The summed E-state index contributed by atoms with van der Waals surface area (Å²) in [6.45, 7) is 0. The summed E-state index contributed by atoms with van der Waals surface area (Å²) in [6.07, 6.45) is 0.692. The number of nitrogens with zero attached hydrogens (tertiary/aromatic N) is 3. The Bertz CT molecular complexity index is 1270. The van der Waals surface area contributed by atoms with Crippen molar-refractivity contribution in [2.75, 3.05) is 10.6 Å². The number of amides is 2. The normalized spacial score (nSPS) is 11.2. The van der Waals surface area contributed by atoms with E-state index in [1.54, 1.807) is 53.5 Å². The number of nitrogens with one attached hydrogen (secondary N) is 2. The summed E-state index contributed by atoms with van der Waals surface area (Å²) in [5.74, 6) is 1.11. The van der Waals surface area contributed by atoms with Gasteiger partial charge in [0.25, 0.3) is 0 Å². The predicted molar refractivity (Wildman–Crippen MR) is 117 cm³/mol. The van der Waals surface area contributed by atoms with Gasteiger partial charge in [0.1, 0.15) is 11.5 Å². The Morgan fingerprint density at radius 2 is 1.73 bits per heavy atom. The zero-order valence-electron chi connectivity index (χ0n) is 17.3. The molecule has 2 N–H and O–H groups in total. The van der Waals surface area contributed by atoms with Crippen LogP contribution in [0.4, 0.5) is 29.3 Å². The Hall–Kier alpha value is -4.34. The van der Waals surface area contributed by atoms with Crippen molar-refractivity contribution in [2.45, 2.75) is 6.18 Å². The summed E-state index contributed by atoms with van der Waals surface area (Å²) in [7, 11) is 1.82. The minimum atomic E-state index is -4.49. The van der Waals surface area contributed by atoms with Crippen molar-refractivity contribution in [3.8, 4) is 22.8 Å². The van der Waals surface area contributed by atoms with E-state index in [9.17, 15) is 18.0 Å². The van der Waals surface area contributed by atoms with Crippen LogP contribution in [0.3, 0.4) is 0 Å². The Labute approximate surface area is 186 Å². The molecule has 0 bridgehead atoms. The molecule has 0 saturated heterocycles. The van der Waals surface area contributed by atoms with E-state index in [0.29, 0.717) is 22.9 Å².